The number of hydrogen-bond acceptors (Lipinski definition) is 2. The molecule has 1 aliphatic carbocycles. The molecule has 1 N–H and O–H groups in total. The summed E-state index contributed by atoms with van der Waals surface area (Å²) in [5.74, 6) is 1.31. The van der Waals surface area contributed by atoms with Crippen LogP contribution in [0.25, 0.3) is 0 Å². The first kappa shape index (κ1) is 16.5. The van der Waals surface area contributed by atoms with E-state index < -0.39 is 0 Å². The van der Waals surface area contributed by atoms with Crippen LogP contribution in [0.5, 0.6) is 0 Å². The van der Waals surface area contributed by atoms with E-state index >= 15 is 0 Å². The van der Waals surface area contributed by atoms with Gasteiger partial charge >= 0.3 is 0 Å². The highest BCUT2D eigenvalue weighted by Gasteiger charge is 2.22. The van der Waals surface area contributed by atoms with Crippen LogP contribution in [-0.2, 0) is 4.74 Å². The van der Waals surface area contributed by atoms with Crippen LogP contribution in [0.4, 0.5) is 0 Å². The molecule has 0 aliphatic heterocycles. The van der Waals surface area contributed by atoms with Crippen molar-refractivity contribution in [3.63, 3.8) is 0 Å². The van der Waals surface area contributed by atoms with E-state index in [9.17, 15) is 0 Å². The highest BCUT2D eigenvalue weighted by atomic mass is 16.5. The molecule has 0 bridgehead atoms. The van der Waals surface area contributed by atoms with E-state index in [0.29, 0.717) is 5.92 Å². The van der Waals surface area contributed by atoms with Gasteiger partial charge in [0.2, 0.25) is 0 Å². The highest BCUT2D eigenvalue weighted by Crippen LogP contribution is 2.25. The Labute approximate surface area is 130 Å². The standard InChI is InChI=1S/C19H31NO/c1-15(2)10-12-21-13-11-17(14-20-18-8-9-18)19-7-5-4-6-16(19)3/h4-7,15,17-18,20H,8-14H2,1-3H3. The largest absolute Gasteiger partial charge is 0.381 e. The second kappa shape index (κ2) is 8.55. The van der Waals surface area contributed by atoms with Gasteiger partial charge in [0.15, 0.2) is 0 Å². The van der Waals surface area contributed by atoms with Gasteiger partial charge in [0, 0.05) is 25.8 Å². The maximum Gasteiger partial charge on any atom is 0.0472 e. The minimum absolute atomic E-state index is 0.575. The van der Waals surface area contributed by atoms with Crippen molar-refractivity contribution < 1.29 is 4.74 Å². The fourth-order valence-electron chi connectivity index (χ4n) is 2.66. The minimum Gasteiger partial charge on any atom is -0.381 e. The van der Waals surface area contributed by atoms with Crippen LogP contribution in [0, 0.1) is 12.8 Å². The SMILES string of the molecule is Cc1ccccc1C(CCOCCC(C)C)CNC1CC1. The fraction of sp³-hybridized carbons (Fsp3) is 0.684. The third-order valence-corrected chi connectivity index (χ3v) is 4.31. The van der Waals surface area contributed by atoms with Crippen molar-refractivity contribution in [2.75, 3.05) is 19.8 Å². The van der Waals surface area contributed by atoms with Crippen molar-refractivity contribution >= 4 is 0 Å². The Morgan fingerprint density at radius 3 is 2.52 bits per heavy atom. The number of rotatable bonds is 10. The molecule has 0 spiro atoms. The van der Waals surface area contributed by atoms with Gasteiger partial charge in [-0.1, -0.05) is 38.1 Å². The normalized spacial score (nSPS) is 16.4. The van der Waals surface area contributed by atoms with Gasteiger partial charge in [-0.25, -0.2) is 0 Å². The molecule has 2 heteroatoms. The molecule has 1 aromatic rings. The average molecular weight is 289 g/mol. The molecule has 0 amide bonds. The molecule has 2 nitrogen and oxygen atoms in total. The van der Waals surface area contributed by atoms with E-state index in [1.807, 2.05) is 0 Å². The summed E-state index contributed by atoms with van der Waals surface area (Å²) in [5, 5.41) is 3.69. The second-order valence-electron chi connectivity index (χ2n) is 6.82. The summed E-state index contributed by atoms with van der Waals surface area (Å²) >= 11 is 0. The molecular formula is C19H31NO. The quantitative estimate of drug-likeness (QED) is 0.649. The maximum atomic E-state index is 5.83. The zero-order valence-corrected chi connectivity index (χ0v) is 13.9. The topological polar surface area (TPSA) is 21.3 Å². The summed E-state index contributed by atoms with van der Waals surface area (Å²) in [7, 11) is 0. The molecule has 118 valence electrons. The second-order valence-corrected chi connectivity index (χ2v) is 6.82. The first-order valence-electron chi connectivity index (χ1n) is 8.53. The van der Waals surface area contributed by atoms with Crippen molar-refractivity contribution in [2.24, 2.45) is 5.92 Å². The summed E-state index contributed by atoms with van der Waals surface area (Å²) in [6.07, 6.45) is 4.98. The Balaban J connectivity index is 1.81. The predicted octanol–water partition coefficient (Wildman–Crippen LogP) is 4.28. The first-order chi connectivity index (χ1) is 10.2. The van der Waals surface area contributed by atoms with E-state index in [1.165, 1.54) is 24.0 Å². The van der Waals surface area contributed by atoms with E-state index in [-0.39, 0.29) is 0 Å². The molecule has 1 unspecified atom stereocenters. The number of benzene rings is 1. The lowest BCUT2D eigenvalue weighted by molar-refractivity contribution is 0.116. The molecule has 0 radical (unpaired) electrons. The van der Waals surface area contributed by atoms with E-state index in [4.69, 9.17) is 4.74 Å². The third kappa shape index (κ3) is 6.19. The molecule has 1 saturated carbocycles. The molecule has 0 aromatic heterocycles. The Hall–Kier alpha value is -0.860. The van der Waals surface area contributed by atoms with Gasteiger partial charge in [0.25, 0.3) is 0 Å². The Bertz CT molecular complexity index is 412. The van der Waals surface area contributed by atoms with Crippen LogP contribution in [0.15, 0.2) is 24.3 Å². The minimum atomic E-state index is 0.575. The molecule has 2 rings (SSSR count). The van der Waals surface area contributed by atoms with Gasteiger partial charge in [-0.15, -0.1) is 0 Å². The van der Waals surface area contributed by atoms with Gasteiger partial charge in [-0.3, -0.25) is 0 Å². The number of aryl methyl sites for hydroxylation is 1. The lowest BCUT2D eigenvalue weighted by Crippen LogP contribution is -2.25. The maximum absolute atomic E-state index is 5.83. The molecule has 0 heterocycles. The smallest absolute Gasteiger partial charge is 0.0472 e. The van der Waals surface area contributed by atoms with Crippen molar-refractivity contribution in [2.45, 2.75) is 58.4 Å². The van der Waals surface area contributed by atoms with Gasteiger partial charge < -0.3 is 10.1 Å². The fourth-order valence-corrected chi connectivity index (χ4v) is 2.66. The number of nitrogens with one attached hydrogen (secondary N) is 1. The molecule has 1 aliphatic rings. The van der Waals surface area contributed by atoms with Crippen LogP contribution < -0.4 is 5.32 Å². The first-order valence-corrected chi connectivity index (χ1v) is 8.53. The van der Waals surface area contributed by atoms with Crippen LogP contribution in [-0.4, -0.2) is 25.8 Å². The molecule has 1 aromatic carbocycles. The zero-order chi connectivity index (χ0) is 15.1. The summed E-state index contributed by atoms with van der Waals surface area (Å²) in [5.41, 5.74) is 2.89. The molecule has 0 saturated heterocycles. The number of hydrogen-bond donors (Lipinski definition) is 1. The highest BCUT2D eigenvalue weighted by molar-refractivity contribution is 5.29. The van der Waals surface area contributed by atoms with Crippen LogP contribution in [0.2, 0.25) is 0 Å². The lowest BCUT2D eigenvalue weighted by atomic mass is 9.92. The van der Waals surface area contributed by atoms with Gasteiger partial charge in [-0.2, -0.15) is 0 Å². The predicted molar refractivity (Wildman–Crippen MR) is 89.8 cm³/mol. The van der Waals surface area contributed by atoms with Crippen LogP contribution in [0.3, 0.4) is 0 Å². The average Bonchev–Trinajstić information content (AvgIpc) is 3.26. The molecule has 21 heavy (non-hydrogen) atoms. The molecule has 1 atom stereocenters. The van der Waals surface area contributed by atoms with Crippen molar-refractivity contribution in [1.82, 2.24) is 5.32 Å². The lowest BCUT2D eigenvalue weighted by Gasteiger charge is -2.20. The number of ether oxygens (including phenoxy) is 1. The Morgan fingerprint density at radius 2 is 1.86 bits per heavy atom. The van der Waals surface area contributed by atoms with Crippen molar-refractivity contribution in [1.29, 1.82) is 0 Å². The van der Waals surface area contributed by atoms with E-state index in [1.54, 1.807) is 0 Å². The monoisotopic (exact) mass is 289 g/mol. The third-order valence-electron chi connectivity index (χ3n) is 4.31. The van der Waals surface area contributed by atoms with Crippen molar-refractivity contribution in [3.8, 4) is 0 Å². The molecular weight excluding hydrogens is 258 g/mol. The van der Waals surface area contributed by atoms with Gasteiger partial charge in [-0.05, 0) is 55.6 Å². The summed E-state index contributed by atoms with van der Waals surface area (Å²) < 4.78 is 5.83. The molecule has 1 fully saturated rings. The van der Waals surface area contributed by atoms with Crippen molar-refractivity contribution in [3.05, 3.63) is 35.4 Å². The van der Waals surface area contributed by atoms with E-state index in [0.717, 1.165) is 44.6 Å². The zero-order valence-electron chi connectivity index (χ0n) is 13.9. The Morgan fingerprint density at radius 1 is 1.14 bits per heavy atom. The summed E-state index contributed by atoms with van der Waals surface area (Å²) in [6, 6.07) is 9.57. The van der Waals surface area contributed by atoms with E-state index in [2.05, 4.69) is 50.4 Å². The van der Waals surface area contributed by atoms with Gasteiger partial charge in [0.05, 0.1) is 0 Å². The summed E-state index contributed by atoms with van der Waals surface area (Å²) in [4.78, 5) is 0. The summed E-state index contributed by atoms with van der Waals surface area (Å²) in [6.45, 7) is 9.58. The van der Waals surface area contributed by atoms with Gasteiger partial charge in [0.1, 0.15) is 0 Å². The Kier molecular flexibility index (Phi) is 6.72. The van der Waals surface area contributed by atoms with Crippen LogP contribution >= 0.6 is 0 Å². The van der Waals surface area contributed by atoms with Crippen LogP contribution in [0.1, 0.15) is 56.6 Å².